The molecule has 0 aromatic heterocycles. The Labute approximate surface area is 81.1 Å². The Morgan fingerprint density at radius 3 is 3.14 bits per heavy atom. The number of fused-ring (bicyclic) bond motifs is 1. The van der Waals surface area contributed by atoms with Crippen molar-refractivity contribution in [1.82, 2.24) is 5.43 Å². The normalized spacial score (nSPS) is 22.8. The minimum Gasteiger partial charge on any atom is -0.294 e. The molecule has 0 radical (unpaired) electrons. The molecule has 2 aliphatic rings. The third kappa shape index (κ3) is 1.62. The van der Waals surface area contributed by atoms with Crippen LogP contribution in [0, 0.1) is 0 Å². The Bertz CT molecular complexity index is 378. The van der Waals surface area contributed by atoms with E-state index in [9.17, 15) is 4.79 Å². The van der Waals surface area contributed by atoms with Crippen molar-refractivity contribution in [2.24, 2.45) is 15.8 Å². The molecule has 72 valence electrons. The zero-order chi connectivity index (χ0) is 9.97. The zero-order valence-electron chi connectivity index (χ0n) is 7.47. The highest BCUT2D eigenvalue weighted by Gasteiger charge is 2.20. The number of amidine groups is 1. The number of aliphatic imine (C=N–C) groups is 2. The van der Waals surface area contributed by atoms with Gasteiger partial charge in [0.25, 0.3) is 0 Å². The molecule has 0 saturated heterocycles. The van der Waals surface area contributed by atoms with Crippen LogP contribution in [-0.4, -0.2) is 23.5 Å². The summed E-state index contributed by atoms with van der Waals surface area (Å²) in [7, 11) is 0. The van der Waals surface area contributed by atoms with Crippen LogP contribution in [0.4, 0.5) is 0 Å². The molecule has 14 heavy (non-hydrogen) atoms. The highest BCUT2D eigenvalue weighted by molar-refractivity contribution is 6.16. The number of carbonyl (C=O) groups is 1. The second-order valence-corrected chi connectivity index (χ2v) is 3.02. The molecule has 0 saturated carbocycles. The molecule has 0 bridgehead atoms. The van der Waals surface area contributed by atoms with E-state index in [1.54, 1.807) is 0 Å². The van der Waals surface area contributed by atoms with Crippen molar-refractivity contribution in [2.75, 3.05) is 0 Å². The summed E-state index contributed by atoms with van der Waals surface area (Å²) >= 11 is 0. The first-order chi connectivity index (χ1) is 6.79. The van der Waals surface area contributed by atoms with E-state index in [4.69, 9.17) is 5.84 Å². The lowest BCUT2D eigenvalue weighted by Gasteiger charge is -2.02. The third-order valence-electron chi connectivity index (χ3n) is 2.00. The lowest BCUT2D eigenvalue weighted by atomic mass is 10.1. The van der Waals surface area contributed by atoms with Crippen molar-refractivity contribution < 1.29 is 4.79 Å². The van der Waals surface area contributed by atoms with E-state index >= 15 is 0 Å². The summed E-state index contributed by atoms with van der Waals surface area (Å²) in [5, 5.41) is 0. The first-order valence-electron chi connectivity index (χ1n) is 4.29. The first kappa shape index (κ1) is 8.83. The van der Waals surface area contributed by atoms with E-state index < -0.39 is 0 Å². The van der Waals surface area contributed by atoms with E-state index in [1.165, 1.54) is 0 Å². The van der Waals surface area contributed by atoms with Gasteiger partial charge in [-0.25, -0.2) is 10.8 Å². The minimum atomic E-state index is -0.278. The van der Waals surface area contributed by atoms with Gasteiger partial charge in [0.15, 0.2) is 0 Å². The second kappa shape index (κ2) is 3.55. The number of nitrogens with one attached hydrogen (secondary N) is 1. The standard InChI is InChI=1S/C9H10N4O/c10-13-9(14)5-8-11-6-3-1-2-4-7(6)12-8/h1-4,6H,5,10H2,(H,13,14). The number of hydrogen-bond acceptors (Lipinski definition) is 4. The number of hydrazine groups is 1. The van der Waals surface area contributed by atoms with Gasteiger partial charge in [-0.3, -0.25) is 15.2 Å². The van der Waals surface area contributed by atoms with Crippen molar-refractivity contribution in [3.8, 4) is 0 Å². The van der Waals surface area contributed by atoms with Gasteiger partial charge in [-0.15, -0.1) is 0 Å². The Balaban J connectivity index is 2.10. The summed E-state index contributed by atoms with van der Waals surface area (Å²) in [6.45, 7) is 0. The maximum Gasteiger partial charge on any atom is 0.241 e. The van der Waals surface area contributed by atoms with Crippen LogP contribution in [0.1, 0.15) is 6.42 Å². The Morgan fingerprint density at radius 2 is 2.43 bits per heavy atom. The lowest BCUT2D eigenvalue weighted by molar-refractivity contribution is -0.119. The molecule has 1 heterocycles. The first-order valence-corrected chi connectivity index (χ1v) is 4.29. The van der Waals surface area contributed by atoms with Gasteiger partial charge in [0.2, 0.25) is 5.91 Å². The molecule has 1 amide bonds. The highest BCUT2D eigenvalue weighted by atomic mass is 16.2. The lowest BCUT2D eigenvalue weighted by Crippen LogP contribution is -2.31. The second-order valence-electron chi connectivity index (χ2n) is 3.02. The number of rotatable bonds is 2. The average molecular weight is 190 g/mol. The number of nitrogens with zero attached hydrogens (tertiary/aromatic N) is 2. The molecule has 0 aromatic rings. The molecule has 3 N–H and O–H groups in total. The molecular formula is C9H10N4O. The SMILES string of the molecule is NNC(=O)CC1=NC2C=CC=CC2=N1. The van der Waals surface area contributed by atoms with Crippen LogP contribution in [-0.2, 0) is 4.79 Å². The van der Waals surface area contributed by atoms with Gasteiger partial charge in [-0.1, -0.05) is 18.2 Å². The van der Waals surface area contributed by atoms with Crippen LogP contribution in [0.25, 0.3) is 0 Å². The largest absolute Gasteiger partial charge is 0.294 e. The molecule has 0 aromatic carbocycles. The highest BCUT2D eigenvalue weighted by Crippen LogP contribution is 2.13. The monoisotopic (exact) mass is 190 g/mol. The fraction of sp³-hybridized carbons (Fsp3) is 0.222. The van der Waals surface area contributed by atoms with E-state index in [-0.39, 0.29) is 18.4 Å². The number of amides is 1. The molecule has 1 unspecified atom stereocenters. The Kier molecular flexibility index (Phi) is 2.24. The molecular weight excluding hydrogens is 180 g/mol. The van der Waals surface area contributed by atoms with Crippen LogP contribution >= 0.6 is 0 Å². The van der Waals surface area contributed by atoms with Crippen LogP contribution in [0.3, 0.4) is 0 Å². The predicted molar refractivity (Wildman–Crippen MR) is 53.9 cm³/mol. The van der Waals surface area contributed by atoms with Gasteiger partial charge in [-0.05, 0) is 6.08 Å². The summed E-state index contributed by atoms with van der Waals surface area (Å²) in [6.07, 6.45) is 7.78. The summed E-state index contributed by atoms with van der Waals surface area (Å²) in [4.78, 5) is 19.4. The third-order valence-corrected chi connectivity index (χ3v) is 2.00. The fourth-order valence-electron chi connectivity index (χ4n) is 1.35. The van der Waals surface area contributed by atoms with Crippen LogP contribution in [0.15, 0.2) is 34.3 Å². The number of nitrogens with two attached hydrogens (primary N) is 1. The number of carbonyl (C=O) groups excluding carboxylic acids is 1. The topological polar surface area (TPSA) is 79.8 Å². The van der Waals surface area contributed by atoms with Crippen molar-refractivity contribution in [1.29, 1.82) is 0 Å². The van der Waals surface area contributed by atoms with Crippen molar-refractivity contribution in [3.63, 3.8) is 0 Å². The molecule has 1 aliphatic carbocycles. The maximum atomic E-state index is 11.0. The van der Waals surface area contributed by atoms with Gasteiger partial charge < -0.3 is 0 Å². The smallest absolute Gasteiger partial charge is 0.241 e. The van der Waals surface area contributed by atoms with Gasteiger partial charge in [0, 0.05) is 0 Å². The summed E-state index contributed by atoms with van der Waals surface area (Å²) in [6, 6.07) is -0.0134. The molecule has 0 spiro atoms. The molecule has 0 fully saturated rings. The maximum absolute atomic E-state index is 11.0. The van der Waals surface area contributed by atoms with E-state index in [2.05, 4.69) is 9.98 Å². The van der Waals surface area contributed by atoms with Gasteiger partial charge in [0.05, 0.1) is 12.1 Å². The molecule has 1 atom stereocenters. The number of hydrogen-bond donors (Lipinski definition) is 2. The minimum absolute atomic E-state index is 0.0134. The summed E-state index contributed by atoms with van der Waals surface area (Å²) < 4.78 is 0. The Hall–Kier alpha value is -1.75. The van der Waals surface area contributed by atoms with Gasteiger partial charge in [-0.2, -0.15) is 0 Å². The van der Waals surface area contributed by atoms with Crippen LogP contribution < -0.4 is 11.3 Å². The zero-order valence-corrected chi connectivity index (χ0v) is 7.47. The van der Waals surface area contributed by atoms with E-state index in [1.807, 2.05) is 29.7 Å². The predicted octanol–water partition coefficient (Wildman–Crippen LogP) is -0.286. The van der Waals surface area contributed by atoms with Gasteiger partial charge >= 0.3 is 0 Å². The quantitative estimate of drug-likeness (QED) is 0.356. The molecule has 5 heteroatoms. The van der Waals surface area contributed by atoms with Crippen molar-refractivity contribution in [2.45, 2.75) is 12.5 Å². The van der Waals surface area contributed by atoms with Crippen LogP contribution in [0.5, 0.6) is 0 Å². The molecule has 2 rings (SSSR count). The number of allylic oxidation sites excluding steroid dienone is 2. The van der Waals surface area contributed by atoms with Crippen molar-refractivity contribution in [3.05, 3.63) is 24.3 Å². The van der Waals surface area contributed by atoms with Gasteiger partial charge in [0.1, 0.15) is 11.9 Å². The van der Waals surface area contributed by atoms with E-state index in [0.29, 0.717) is 5.84 Å². The van der Waals surface area contributed by atoms with E-state index in [0.717, 1.165) is 5.71 Å². The van der Waals surface area contributed by atoms with Crippen molar-refractivity contribution >= 4 is 17.5 Å². The summed E-state index contributed by atoms with van der Waals surface area (Å²) in [5.74, 6) is 5.22. The fourth-order valence-corrected chi connectivity index (χ4v) is 1.35. The molecule has 1 aliphatic heterocycles. The molecule has 5 nitrogen and oxygen atoms in total. The average Bonchev–Trinajstić information content (AvgIpc) is 2.59. The van der Waals surface area contributed by atoms with Crippen LogP contribution in [0.2, 0.25) is 0 Å². The Morgan fingerprint density at radius 1 is 1.57 bits per heavy atom. The summed E-state index contributed by atoms with van der Waals surface area (Å²) in [5.41, 5.74) is 2.93.